The van der Waals surface area contributed by atoms with Crippen molar-refractivity contribution in [3.8, 4) is 0 Å². The molecule has 51 valence electrons. The molecule has 0 saturated heterocycles. The van der Waals surface area contributed by atoms with E-state index in [2.05, 4.69) is 0 Å². The van der Waals surface area contributed by atoms with Gasteiger partial charge in [0, 0.05) is 0 Å². The lowest BCUT2D eigenvalue weighted by atomic mass is 10.7. The largest absolute Gasteiger partial charge is 0.316 e. The average Bonchev–Trinajstić information content (AvgIpc) is 1.64. The highest BCUT2D eigenvalue weighted by Gasteiger charge is 2.30. The second kappa shape index (κ2) is 3.25. The van der Waals surface area contributed by atoms with Crippen molar-refractivity contribution < 1.29 is 9.59 Å². The van der Waals surface area contributed by atoms with Crippen LogP contribution in [0.3, 0.4) is 0 Å². The summed E-state index contributed by atoms with van der Waals surface area (Å²) in [6.45, 7) is 0. The van der Waals surface area contributed by atoms with Gasteiger partial charge in [-0.15, -0.1) is 0 Å². The molecule has 0 aromatic heterocycles. The fraction of sp³-hybridized carbons (Fsp3) is 0.333. The highest BCUT2D eigenvalue weighted by Crippen LogP contribution is 2.25. The summed E-state index contributed by atoms with van der Waals surface area (Å²) in [6.07, 6.45) is 1.07. The molecule has 0 saturated carbocycles. The zero-order valence-electron chi connectivity index (χ0n) is 3.95. The van der Waals surface area contributed by atoms with Gasteiger partial charge in [-0.25, -0.2) is 0 Å². The molecule has 6 heteroatoms. The van der Waals surface area contributed by atoms with Crippen molar-refractivity contribution in [3.05, 3.63) is 0 Å². The van der Waals surface area contributed by atoms with Crippen molar-refractivity contribution >= 4 is 47.1 Å². The minimum Gasteiger partial charge on any atom is -0.284 e. The van der Waals surface area contributed by atoms with Crippen molar-refractivity contribution in [1.82, 2.24) is 5.32 Å². The van der Waals surface area contributed by atoms with E-state index in [-0.39, 0.29) is 0 Å². The second-order valence-corrected chi connectivity index (χ2v) is 3.34. The van der Waals surface area contributed by atoms with Gasteiger partial charge >= 0.3 is 6.41 Å². The van der Waals surface area contributed by atoms with Gasteiger partial charge in [0.1, 0.15) is 0 Å². The first-order valence-corrected chi connectivity index (χ1v) is 2.86. The van der Waals surface area contributed by atoms with E-state index < -0.39 is 9.70 Å². The fourth-order valence-corrected chi connectivity index (χ4v) is 0.259. The van der Waals surface area contributed by atoms with Crippen molar-refractivity contribution in [3.63, 3.8) is 0 Å². The van der Waals surface area contributed by atoms with Crippen LogP contribution < -0.4 is 5.32 Å². The number of halogens is 3. The summed E-state index contributed by atoms with van der Waals surface area (Å²) in [6, 6.07) is 0. The molecule has 3 nitrogen and oxygen atoms in total. The van der Waals surface area contributed by atoms with Gasteiger partial charge in [0.05, 0.1) is 0 Å². The molecule has 0 aromatic rings. The monoisotopic (exact) mass is 188 g/mol. The van der Waals surface area contributed by atoms with Gasteiger partial charge in [0.2, 0.25) is 0 Å². The maximum Gasteiger partial charge on any atom is 0.316 e. The van der Waals surface area contributed by atoms with Crippen LogP contribution in [0.15, 0.2) is 0 Å². The van der Waals surface area contributed by atoms with Gasteiger partial charge in [-0.05, 0) is 0 Å². The predicted octanol–water partition coefficient (Wildman–Crippen LogP) is 0.540. The van der Waals surface area contributed by atoms with Crippen molar-refractivity contribution in [2.24, 2.45) is 0 Å². The molecule has 0 unspecified atom stereocenters. The quantitative estimate of drug-likeness (QED) is 0.483. The minimum atomic E-state index is -2.09. The van der Waals surface area contributed by atoms with E-state index in [1.54, 1.807) is 5.32 Å². The van der Waals surface area contributed by atoms with Crippen LogP contribution >= 0.6 is 34.8 Å². The summed E-state index contributed by atoms with van der Waals surface area (Å²) in [5.41, 5.74) is 0. The molecule has 9 heavy (non-hydrogen) atoms. The Morgan fingerprint density at radius 1 is 1.44 bits per heavy atom. The first-order chi connectivity index (χ1) is 3.98. The maximum absolute atomic E-state index is 10.3. The Kier molecular flexibility index (Phi) is 3.25. The fourth-order valence-electron chi connectivity index (χ4n) is 0.117. The van der Waals surface area contributed by atoms with Gasteiger partial charge in [0.15, 0.2) is 0 Å². The molecule has 0 aliphatic rings. The van der Waals surface area contributed by atoms with Gasteiger partial charge in [0.25, 0.3) is 9.70 Å². The summed E-state index contributed by atoms with van der Waals surface area (Å²) in [4.78, 5) is 19.7. The maximum atomic E-state index is 10.3. The van der Waals surface area contributed by atoms with Gasteiger partial charge < -0.3 is 0 Å². The Morgan fingerprint density at radius 3 is 2.00 bits per heavy atom. The second-order valence-electron chi connectivity index (χ2n) is 1.05. The number of carbonyl (C=O) groups is 1. The summed E-state index contributed by atoms with van der Waals surface area (Å²) in [7, 11) is 0. The molecular formula is C3HCl3NO2. The molecule has 0 aliphatic heterocycles. The van der Waals surface area contributed by atoms with Crippen LogP contribution in [-0.2, 0) is 9.59 Å². The molecule has 0 heterocycles. The highest BCUT2D eigenvalue weighted by molar-refractivity contribution is 6.76. The van der Waals surface area contributed by atoms with Crippen LogP contribution in [0.1, 0.15) is 0 Å². The Balaban J connectivity index is 3.88. The lowest BCUT2D eigenvalue weighted by molar-refractivity contribution is -0.118. The number of nitrogens with one attached hydrogen (secondary N) is 1. The molecule has 0 spiro atoms. The molecule has 0 atom stereocenters. The lowest BCUT2D eigenvalue weighted by Gasteiger charge is -2.04. The van der Waals surface area contributed by atoms with Crippen LogP contribution in [0.4, 0.5) is 0 Å². The molecule has 0 aliphatic carbocycles. The van der Waals surface area contributed by atoms with E-state index in [9.17, 15) is 9.59 Å². The van der Waals surface area contributed by atoms with E-state index in [1.807, 2.05) is 0 Å². The minimum absolute atomic E-state index is 1.01. The summed E-state index contributed by atoms with van der Waals surface area (Å²) < 4.78 is -2.09. The molecule has 1 N–H and O–H groups in total. The number of hydrogen-bond donors (Lipinski definition) is 1. The number of hydrogen-bond acceptors (Lipinski definition) is 2. The van der Waals surface area contributed by atoms with E-state index in [0.29, 0.717) is 0 Å². The molecule has 1 radical (unpaired) electrons. The topological polar surface area (TPSA) is 46.2 Å². The summed E-state index contributed by atoms with van der Waals surface area (Å²) in [5, 5.41) is 1.55. The van der Waals surface area contributed by atoms with Crippen molar-refractivity contribution in [2.45, 2.75) is 3.79 Å². The Labute approximate surface area is 66.3 Å². The summed E-state index contributed by atoms with van der Waals surface area (Å²) in [5.74, 6) is -1.01. The third-order valence-corrected chi connectivity index (χ3v) is 0.937. The molecular weight excluding hydrogens is 188 g/mol. The van der Waals surface area contributed by atoms with E-state index in [4.69, 9.17) is 34.8 Å². The first-order valence-electron chi connectivity index (χ1n) is 1.73. The normalized spacial score (nSPS) is 10.6. The summed E-state index contributed by atoms with van der Waals surface area (Å²) >= 11 is 15.0. The number of rotatable bonds is 1. The van der Waals surface area contributed by atoms with Crippen LogP contribution in [0.25, 0.3) is 0 Å². The van der Waals surface area contributed by atoms with Gasteiger partial charge in [-0.2, -0.15) is 0 Å². The van der Waals surface area contributed by atoms with Crippen LogP contribution in [0.5, 0.6) is 0 Å². The Bertz CT molecular complexity index is 130. The molecule has 2 amide bonds. The number of carbonyl (C=O) groups excluding carboxylic acids is 2. The van der Waals surface area contributed by atoms with Crippen LogP contribution in [-0.4, -0.2) is 16.1 Å². The number of imide groups is 1. The van der Waals surface area contributed by atoms with Crippen LogP contribution in [0.2, 0.25) is 0 Å². The van der Waals surface area contributed by atoms with E-state index in [1.165, 1.54) is 0 Å². The molecule has 0 rings (SSSR count). The van der Waals surface area contributed by atoms with E-state index in [0.717, 1.165) is 6.41 Å². The Hall–Kier alpha value is 0.01000. The molecule has 0 bridgehead atoms. The van der Waals surface area contributed by atoms with Gasteiger partial charge in [-0.3, -0.25) is 14.9 Å². The van der Waals surface area contributed by atoms with Crippen molar-refractivity contribution in [1.29, 1.82) is 0 Å². The molecule has 0 aromatic carbocycles. The van der Waals surface area contributed by atoms with E-state index >= 15 is 0 Å². The lowest BCUT2D eigenvalue weighted by Crippen LogP contribution is -2.33. The number of alkyl halides is 3. The third kappa shape index (κ3) is 3.56. The average molecular weight is 189 g/mol. The third-order valence-electron chi connectivity index (χ3n) is 0.422. The molecule has 0 fully saturated rings. The first kappa shape index (κ1) is 9.01. The number of amides is 2. The smallest absolute Gasteiger partial charge is 0.284 e. The highest BCUT2D eigenvalue weighted by atomic mass is 35.6. The van der Waals surface area contributed by atoms with Crippen molar-refractivity contribution in [2.75, 3.05) is 0 Å². The van der Waals surface area contributed by atoms with Crippen LogP contribution in [0, 0.1) is 0 Å². The zero-order chi connectivity index (χ0) is 7.49. The zero-order valence-corrected chi connectivity index (χ0v) is 6.22. The van der Waals surface area contributed by atoms with Gasteiger partial charge in [-0.1, -0.05) is 34.8 Å². The SMILES string of the molecule is O=[C]NC(=O)C(Cl)(Cl)Cl. The predicted molar refractivity (Wildman–Crippen MR) is 34.1 cm³/mol. The standard InChI is InChI=1S/C3HCl3NO2/c4-3(5,6)2(9)7-1-8/h(H,7,8,9). The Morgan fingerprint density at radius 2 is 1.89 bits per heavy atom.